The highest BCUT2D eigenvalue weighted by atomic mass is 127. The molecule has 0 saturated heterocycles. The summed E-state index contributed by atoms with van der Waals surface area (Å²) in [6.07, 6.45) is 1.68. The Hall–Kier alpha value is -2.53. The van der Waals surface area contributed by atoms with Gasteiger partial charge in [0.2, 0.25) is 0 Å². The SMILES string of the molecule is CCOc1cc(/C=C2\SC(N)=NC2=O)cc(I)c1OC(=O)c1ccc(OC)cc1. The molecule has 0 spiro atoms. The number of nitrogens with zero attached hydrogens (tertiary/aromatic N) is 1. The lowest BCUT2D eigenvalue weighted by molar-refractivity contribution is -0.113. The Kier molecular flexibility index (Phi) is 6.80. The third-order valence-corrected chi connectivity index (χ3v) is 5.40. The maximum absolute atomic E-state index is 12.6. The van der Waals surface area contributed by atoms with E-state index in [0.29, 0.717) is 43.5 Å². The molecule has 0 saturated carbocycles. The van der Waals surface area contributed by atoms with E-state index in [0.717, 1.165) is 11.8 Å². The number of rotatable bonds is 6. The first-order valence-corrected chi connectivity index (χ1v) is 10.4. The standard InChI is InChI=1S/C20H17IN2O5S/c1-3-27-15-9-11(10-16-18(24)23-20(22)29-16)8-14(21)17(15)28-19(25)12-4-6-13(26-2)7-5-12/h4-10H,3H2,1-2H3,(H2,22,23,24)/b16-10-. The van der Waals surface area contributed by atoms with Gasteiger partial charge in [-0.2, -0.15) is 4.99 Å². The number of methoxy groups -OCH3 is 1. The Labute approximate surface area is 185 Å². The van der Waals surface area contributed by atoms with Gasteiger partial charge in [0.1, 0.15) is 5.75 Å². The van der Waals surface area contributed by atoms with E-state index in [1.807, 2.05) is 6.92 Å². The van der Waals surface area contributed by atoms with Gasteiger partial charge in [-0.25, -0.2) is 4.79 Å². The summed E-state index contributed by atoms with van der Waals surface area (Å²) in [5, 5.41) is 0.214. The van der Waals surface area contributed by atoms with Crippen LogP contribution in [0.2, 0.25) is 0 Å². The van der Waals surface area contributed by atoms with Gasteiger partial charge in [0.15, 0.2) is 16.7 Å². The van der Waals surface area contributed by atoms with Crippen molar-refractivity contribution in [3.8, 4) is 17.2 Å². The number of hydrogen-bond donors (Lipinski definition) is 1. The number of ether oxygens (including phenoxy) is 3. The van der Waals surface area contributed by atoms with E-state index in [1.165, 1.54) is 0 Å². The molecule has 0 aliphatic carbocycles. The molecule has 0 bridgehead atoms. The first kappa shape index (κ1) is 21.2. The van der Waals surface area contributed by atoms with Crippen LogP contribution < -0.4 is 19.9 Å². The normalized spacial score (nSPS) is 14.7. The van der Waals surface area contributed by atoms with Gasteiger partial charge in [-0.05, 0) is 89.3 Å². The zero-order valence-corrected chi connectivity index (χ0v) is 18.6. The fourth-order valence-corrected chi connectivity index (χ4v) is 3.91. The van der Waals surface area contributed by atoms with Crippen LogP contribution in [0.1, 0.15) is 22.8 Å². The molecule has 1 aliphatic heterocycles. The third kappa shape index (κ3) is 5.10. The van der Waals surface area contributed by atoms with E-state index in [9.17, 15) is 9.59 Å². The molecule has 29 heavy (non-hydrogen) atoms. The highest BCUT2D eigenvalue weighted by Gasteiger charge is 2.21. The van der Waals surface area contributed by atoms with Crippen LogP contribution in [-0.4, -0.2) is 30.8 Å². The Morgan fingerprint density at radius 3 is 2.59 bits per heavy atom. The number of nitrogens with two attached hydrogens (primary N) is 1. The Morgan fingerprint density at radius 1 is 1.28 bits per heavy atom. The molecule has 9 heteroatoms. The summed E-state index contributed by atoms with van der Waals surface area (Å²) in [7, 11) is 1.55. The zero-order chi connectivity index (χ0) is 21.0. The monoisotopic (exact) mass is 524 g/mol. The molecule has 3 rings (SSSR count). The summed E-state index contributed by atoms with van der Waals surface area (Å²) in [6.45, 7) is 2.21. The molecule has 1 heterocycles. The molecule has 7 nitrogen and oxygen atoms in total. The first-order valence-electron chi connectivity index (χ1n) is 8.52. The van der Waals surface area contributed by atoms with Crippen LogP contribution in [-0.2, 0) is 4.79 Å². The maximum atomic E-state index is 12.6. The van der Waals surface area contributed by atoms with Crippen LogP contribution in [0.15, 0.2) is 46.3 Å². The Bertz CT molecular complexity index is 1020. The quantitative estimate of drug-likeness (QED) is 0.265. The van der Waals surface area contributed by atoms with Crippen molar-refractivity contribution < 1.29 is 23.8 Å². The van der Waals surface area contributed by atoms with Gasteiger partial charge in [-0.3, -0.25) is 4.79 Å². The van der Waals surface area contributed by atoms with Gasteiger partial charge in [0.05, 0.1) is 27.8 Å². The van der Waals surface area contributed by atoms with Crippen molar-refractivity contribution in [1.29, 1.82) is 0 Å². The molecule has 2 N–H and O–H groups in total. The fraction of sp³-hybridized carbons (Fsp3) is 0.150. The first-order chi connectivity index (χ1) is 13.9. The number of amidine groups is 1. The topological polar surface area (TPSA) is 100 Å². The zero-order valence-electron chi connectivity index (χ0n) is 15.6. The van der Waals surface area contributed by atoms with Crippen molar-refractivity contribution in [2.75, 3.05) is 13.7 Å². The predicted octanol–water partition coefficient (Wildman–Crippen LogP) is 3.85. The van der Waals surface area contributed by atoms with E-state index in [4.69, 9.17) is 19.9 Å². The van der Waals surface area contributed by atoms with Gasteiger partial charge in [-0.15, -0.1) is 0 Å². The molecule has 0 radical (unpaired) electrons. The summed E-state index contributed by atoms with van der Waals surface area (Å²) in [4.78, 5) is 28.5. The molecule has 2 aromatic rings. The second-order valence-electron chi connectivity index (χ2n) is 5.75. The summed E-state index contributed by atoms with van der Waals surface area (Å²) in [6, 6.07) is 10.1. The number of aliphatic imine (C=N–C) groups is 1. The van der Waals surface area contributed by atoms with Crippen molar-refractivity contribution in [3.63, 3.8) is 0 Å². The molecule has 150 valence electrons. The van der Waals surface area contributed by atoms with Crippen molar-refractivity contribution in [2.24, 2.45) is 10.7 Å². The van der Waals surface area contributed by atoms with Crippen LogP contribution in [0, 0.1) is 3.57 Å². The highest BCUT2D eigenvalue weighted by Crippen LogP contribution is 2.36. The molecular formula is C20H17IN2O5S. The molecule has 0 aromatic heterocycles. The van der Waals surface area contributed by atoms with Crippen LogP contribution >= 0.6 is 34.4 Å². The van der Waals surface area contributed by atoms with E-state index >= 15 is 0 Å². The minimum absolute atomic E-state index is 0.214. The van der Waals surface area contributed by atoms with E-state index in [-0.39, 0.29) is 11.1 Å². The molecule has 0 atom stereocenters. The molecule has 1 amide bonds. The van der Waals surface area contributed by atoms with Crippen molar-refractivity contribution in [2.45, 2.75) is 6.92 Å². The summed E-state index contributed by atoms with van der Waals surface area (Å²) >= 11 is 3.17. The maximum Gasteiger partial charge on any atom is 0.343 e. The van der Waals surface area contributed by atoms with E-state index in [2.05, 4.69) is 27.6 Å². The van der Waals surface area contributed by atoms with Crippen LogP contribution in [0.5, 0.6) is 17.2 Å². The molecule has 0 unspecified atom stereocenters. The lowest BCUT2D eigenvalue weighted by Gasteiger charge is -2.14. The summed E-state index contributed by atoms with van der Waals surface area (Å²) in [5.74, 6) is 0.470. The van der Waals surface area contributed by atoms with Crippen LogP contribution in [0.3, 0.4) is 0 Å². The minimum atomic E-state index is -0.514. The number of thioether (sulfide) groups is 1. The average molecular weight is 524 g/mol. The molecule has 1 aliphatic rings. The lowest BCUT2D eigenvalue weighted by atomic mass is 10.1. The number of halogens is 1. The summed E-state index contributed by atoms with van der Waals surface area (Å²) < 4.78 is 17.0. The minimum Gasteiger partial charge on any atom is -0.497 e. The lowest BCUT2D eigenvalue weighted by Crippen LogP contribution is -2.11. The van der Waals surface area contributed by atoms with Crippen LogP contribution in [0.4, 0.5) is 0 Å². The summed E-state index contributed by atoms with van der Waals surface area (Å²) in [5.41, 5.74) is 6.68. The van der Waals surface area contributed by atoms with Crippen LogP contribution in [0.25, 0.3) is 6.08 Å². The highest BCUT2D eigenvalue weighted by molar-refractivity contribution is 14.1. The van der Waals surface area contributed by atoms with Gasteiger partial charge in [0, 0.05) is 0 Å². The third-order valence-electron chi connectivity index (χ3n) is 3.79. The predicted molar refractivity (Wildman–Crippen MR) is 120 cm³/mol. The van der Waals surface area contributed by atoms with Crippen molar-refractivity contribution >= 4 is 57.5 Å². The number of benzene rings is 2. The number of esters is 1. The molecule has 0 fully saturated rings. The van der Waals surface area contributed by atoms with Crippen molar-refractivity contribution in [3.05, 3.63) is 56.0 Å². The number of carbonyl (C=O) groups is 2. The van der Waals surface area contributed by atoms with E-state index in [1.54, 1.807) is 49.6 Å². The Morgan fingerprint density at radius 2 is 2.00 bits per heavy atom. The number of carbonyl (C=O) groups excluding carboxylic acids is 2. The largest absolute Gasteiger partial charge is 0.497 e. The van der Waals surface area contributed by atoms with E-state index < -0.39 is 5.97 Å². The van der Waals surface area contributed by atoms with Gasteiger partial charge >= 0.3 is 5.97 Å². The number of amides is 1. The molecule has 2 aromatic carbocycles. The number of hydrogen-bond acceptors (Lipinski definition) is 7. The smallest absolute Gasteiger partial charge is 0.343 e. The molecular weight excluding hydrogens is 507 g/mol. The second kappa shape index (κ2) is 9.31. The van der Waals surface area contributed by atoms with Gasteiger partial charge < -0.3 is 19.9 Å². The average Bonchev–Trinajstić information content (AvgIpc) is 3.01. The van der Waals surface area contributed by atoms with Gasteiger partial charge in [-0.1, -0.05) is 0 Å². The second-order valence-corrected chi connectivity index (χ2v) is 7.97. The Balaban J connectivity index is 1.89. The van der Waals surface area contributed by atoms with Gasteiger partial charge in [0.25, 0.3) is 5.91 Å². The van der Waals surface area contributed by atoms with Crippen molar-refractivity contribution in [1.82, 2.24) is 0 Å². The fourth-order valence-electron chi connectivity index (χ4n) is 2.49.